The second kappa shape index (κ2) is 6.39. The molecule has 1 atom stereocenters. The van der Waals surface area contributed by atoms with E-state index < -0.39 is 0 Å². The smallest absolute Gasteiger partial charge is 0.0402 e. The molecule has 2 nitrogen and oxygen atoms in total. The highest BCUT2D eigenvalue weighted by atomic mass is 15.3. The maximum Gasteiger partial charge on any atom is 0.0402 e. The Kier molecular flexibility index (Phi) is 4.54. The zero-order valence-corrected chi connectivity index (χ0v) is 13.7. The number of hydrogen-bond acceptors (Lipinski definition) is 2. The number of benzene rings is 1. The van der Waals surface area contributed by atoms with Crippen LogP contribution in [0.2, 0.25) is 0 Å². The molecule has 0 amide bonds. The summed E-state index contributed by atoms with van der Waals surface area (Å²) in [6.45, 7) is 6.96. The van der Waals surface area contributed by atoms with Crippen molar-refractivity contribution in [1.82, 2.24) is 5.32 Å². The van der Waals surface area contributed by atoms with E-state index in [4.69, 9.17) is 0 Å². The van der Waals surface area contributed by atoms with Gasteiger partial charge in [-0.3, -0.25) is 0 Å². The van der Waals surface area contributed by atoms with Crippen molar-refractivity contribution in [1.29, 1.82) is 0 Å². The van der Waals surface area contributed by atoms with Gasteiger partial charge in [0.1, 0.15) is 0 Å². The van der Waals surface area contributed by atoms with Gasteiger partial charge < -0.3 is 10.2 Å². The Bertz CT molecular complexity index is 462. The number of aryl methyl sites for hydroxylation is 1. The Morgan fingerprint density at radius 3 is 2.71 bits per heavy atom. The molecule has 21 heavy (non-hydrogen) atoms. The number of nitrogens with zero attached hydrogens (tertiary/aromatic N) is 1. The summed E-state index contributed by atoms with van der Waals surface area (Å²) in [5.74, 6) is 0. The summed E-state index contributed by atoms with van der Waals surface area (Å²) < 4.78 is 0. The molecule has 1 aliphatic carbocycles. The molecule has 0 aromatic heterocycles. The second-order valence-corrected chi connectivity index (χ2v) is 7.08. The standard InChI is InChI=1S/C19H30N2/c1-3-9-17-10-5-6-11-18(17)21-15-19(20-14-16(21)2)12-7-4-8-13-19/h5-6,10-11,16,20H,3-4,7-9,12-15H2,1-2H3. The van der Waals surface area contributed by atoms with Crippen LogP contribution in [-0.2, 0) is 6.42 Å². The van der Waals surface area contributed by atoms with Crippen molar-refractivity contribution in [3.63, 3.8) is 0 Å². The van der Waals surface area contributed by atoms with Crippen LogP contribution >= 0.6 is 0 Å². The van der Waals surface area contributed by atoms with Crippen LogP contribution in [-0.4, -0.2) is 24.7 Å². The van der Waals surface area contributed by atoms with Crippen molar-refractivity contribution in [2.75, 3.05) is 18.0 Å². The first-order chi connectivity index (χ1) is 10.2. The van der Waals surface area contributed by atoms with Crippen molar-refractivity contribution < 1.29 is 0 Å². The largest absolute Gasteiger partial charge is 0.365 e. The summed E-state index contributed by atoms with van der Waals surface area (Å²) in [6, 6.07) is 9.65. The van der Waals surface area contributed by atoms with Crippen LogP contribution in [0, 0.1) is 0 Å². The Balaban J connectivity index is 1.85. The van der Waals surface area contributed by atoms with Crippen LogP contribution in [0.4, 0.5) is 5.69 Å². The third-order valence-corrected chi connectivity index (χ3v) is 5.41. The third-order valence-electron chi connectivity index (χ3n) is 5.41. The Labute approximate surface area is 129 Å². The molecule has 0 bridgehead atoms. The van der Waals surface area contributed by atoms with Crippen molar-refractivity contribution in [3.05, 3.63) is 29.8 Å². The predicted octanol–water partition coefficient (Wildman–Crippen LogP) is 4.14. The monoisotopic (exact) mass is 286 g/mol. The van der Waals surface area contributed by atoms with E-state index in [0.29, 0.717) is 11.6 Å². The summed E-state index contributed by atoms with van der Waals surface area (Å²) >= 11 is 0. The number of anilines is 1. The summed E-state index contributed by atoms with van der Waals surface area (Å²) in [4.78, 5) is 2.69. The van der Waals surface area contributed by atoms with Crippen LogP contribution in [0.25, 0.3) is 0 Å². The zero-order chi connectivity index (χ0) is 14.7. The highest BCUT2D eigenvalue weighted by Crippen LogP contribution is 2.35. The molecule has 0 radical (unpaired) electrons. The minimum atomic E-state index is 0.379. The van der Waals surface area contributed by atoms with Crippen molar-refractivity contribution in [2.24, 2.45) is 0 Å². The minimum absolute atomic E-state index is 0.379. The van der Waals surface area contributed by atoms with Crippen LogP contribution < -0.4 is 10.2 Å². The molecule has 1 aliphatic heterocycles. The van der Waals surface area contributed by atoms with Gasteiger partial charge in [-0.1, -0.05) is 50.8 Å². The van der Waals surface area contributed by atoms with E-state index in [1.807, 2.05) is 0 Å². The molecule has 1 aromatic carbocycles. The molecule has 2 heteroatoms. The fourth-order valence-corrected chi connectivity index (χ4v) is 4.17. The first kappa shape index (κ1) is 14.9. The Morgan fingerprint density at radius 1 is 1.19 bits per heavy atom. The zero-order valence-electron chi connectivity index (χ0n) is 13.7. The lowest BCUT2D eigenvalue weighted by atomic mass is 9.79. The van der Waals surface area contributed by atoms with Gasteiger partial charge in [0.15, 0.2) is 0 Å². The van der Waals surface area contributed by atoms with Gasteiger partial charge in [-0.15, -0.1) is 0 Å². The van der Waals surface area contributed by atoms with Gasteiger partial charge in [-0.25, -0.2) is 0 Å². The SMILES string of the molecule is CCCc1ccccc1N1CC2(CCCCC2)NCC1C. The molecular formula is C19H30N2. The molecule has 116 valence electrons. The lowest BCUT2D eigenvalue weighted by Gasteiger charge is -2.50. The molecule has 3 rings (SSSR count). The lowest BCUT2D eigenvalue weighted by Crippen LogP contribution is -2.64. The summed E-state index contributed by atoms with van der Waals surface area (Å²) in [5, 5.41) is 3.89. The maximum atomic E-state index is 3.89. The van der Waals surface area contributed by atoms with Gasteiger partial charge in [0.25, 0.3) is 0 Å². The topological polar surface area (TPSA) is 15.3 Å². The number of hydrogen-bond donors (Lipinski definition) is 1. The number of nitrogens with one attached hydrogen (secondary N) is 1. The van der Waals surface area contributed by atoms with Crippen LogP contribution in [0.3, 0.4) is 0 Å². The molecular weight excluding hydrogens is 256 g/mol. The van der Waals surface area contributed by atoms with E-state index >= 15 is 0 Å². The van der Waals surface area contributed by atoms with Gasteiger partial charge >= 0.3 is 0 Å². The molecule has 1 saturated carbocycles. The van der Waals surface area contributed by atoms with E-state index in [0.717, 1.165) is 6.54 Å². The fourth-order valence-electron chi connectivity index (χ4n) is 4.17. The molecule has 1 heterocycles. The second-order valence-electron chi connectivity index (χ2n) is 7.08. The molecule has 2 aliphatic rings. The highest BCUT2D eigenvalue weighted by molar-refractivity contribution is 5.55. The van der Waals surface area contributed by atoms with Gasteiger partial charge in [-0.05, 0) is 37.8 Å². The molecule has 1 saturated heterocycles. The summed E-state index contributed by atoms with van der Waals surface area (Å²) in [7, 11) is 0. The lowest BCUT2D eigenvalue weighted by molar-refractivity contribution is 0.200. The number of para-hydroxylation sites is 1. The predicted molar refractivity (Wildman–Crippen MR) is 91.1 cm³/mol. The summed E-state index contributed by atoms with van der Waals surface area (Å²) in [6.07, 6.45) is 9.34. The van der Waals surface area contributed by atoms with E-state index in [2.05, 4.69) is 48.3 Å². The number of piperazine rings is 1. The average molecular weight is 286 g/mol. The molecule has 1 aromatic rings. The Morgan fingerprint density at radius 2 is 1.95 bits per heavy atom. The van der Waals surface area contributed by atoms with Gasteiger partial charge in [-0.2, -0.15) is 0 Å². The van der Waals surface area contributed by atoms with Crippen LogP contribution in [0.5, 0.6) is 0 Å². The highest BCUT2D eigenvalue weighted by Gasteiger charge is 2.39. The van der Waals surface area contributed by atoms with Gasteiger partial charge in [0, 0.05) is 30.4 Å². The Hall–Kier alpha value is -1.02. The maximum absolute atomic E-state index is 3.89. The van der Waals surface area contributed by atoms with Crippen molar-refractivity contribution >= 4 is 5.69 Å². The normalized spacial score (nSPS) is 25.2. The average Bonchev–Trinajstić information content (AvgIpc) is 2.52. The van der Waals surface area contributed by atoms with Crippen LogP contribution in [0.15, 0.2) is 24.3 Å². The van der Waals surface area contributed by atoms with Crippen LogP contribution in [0.1, 0.15) is 57.9 Å². The van der Waals surface area contributed by atoms with Crippen molar-refractivity contribution in [2.45, 2.75) is 70.4 Å². The van der Waals surface area contributed by atoms with Crippen molar-refractivity contribution in [3.8, 4) is 0 Å². The van der Waals surface area contributed by atoms with E-state index in [1.165, 1.54) is 62.7 Å². The first-order valence-electron chi connectivity index (χ1n) is 8.84. The van der Waals surface area contributed by atoms with Gasteiger partial charge in [0.2, 0.25) is 0 Å². The molecule has 2 fully saturated rings. The third kappa shape index (κ3) is 3.11. The summed E-state index contributed by atoms with van der Waals surface area (Å²) in [5.41, 5.74) is 3.39. The fraction of sp³-hybridized carbons (Fsp3) is 0.684. The van der Waals surface area contributed by atoms with E-state index in [9.17, 15) is 0 Å². The number of rotatable bonds is 3. The van der Waals surface area contributed by atoms with Gasteiger partial charge in [0.05, 0.1) is 0 Å². The first-order valence-corrected chi connectivity index (χ1v) is 8.84. The molecule has 1 spiro atoms. The van der Waals surface area contributed by atoms with E-state index in [-0.39, 0.29) is 0 Å². The molecule has 1 unspecified atom stereocenters. The van der Waals surface area contributed by atoms with E-state index in [1.54, 1.807) is 0 Å². The minimum Gasteiger partial charge on any atom is -0.365 e. The quantitative estimate of drug-likeness (QED) is 0.898. The molecule has 1 N–H and O–H groups in total.